The van der Waals surface area contributed by atoms with Crippen LogP contribution in [0.15, 0.2) is 78.9 Å². The van der Waals surface area contributed by atoms with Gasteiger partial charge in [0, 0.05) is 5.56 Å². The summed E-state index contributed by atoms with van der Waals surface area (Å²) >= 11 is 0. The van der Waals surface area contributed by atoms with Crippen LogP contribution in [0.1, 0.15) is 20.7 Å². The zero-order chi connectivity index (χ0) is 17.6. The molecule has 0 bridgehead atoms. The van der Waals surface area contributed by atoms with E-state index >= 15 is 0 Å². The molecule has 3 aromatic rings. The van der Waals surface area contributed by atoms with Gasteiger partial charge in [0.1, 0.15) is 11.3 Å². The molecule has 25 heavy (non-hydrogen) atoms. The smallest absolute Gasteiger partial charge is 0.339 e. The summed E-state index contributed by atoms with van der Waals surface area (Å²) in [7, 11) is 0. The van der Waals surface area contributed by atoms with Crippen molar-refractivity contribution < 1.29 is 19.4 Å². The number of aromatic carboxylic acids is 1. The molecule has 3 rings (SSSR count). The molecule has 5 nitrogen and oxygen atoms in total. The van der Waals surface area contributed by atoms with Crippen molar-refractivity contribution in [3.05, 3.63) is 90.0 Å². The van der Waals surface area contributed by atoms with E-state index in [0.29, 0.717) is 11.3 Å². The van der Waals surface area contributed by atoms with Crippen molar-refractivity contribution in [1.82, 2.24) is 0 Å². The van der Waals surface area contributed by atoms with E-state index in [9.17, 15) is 14.7 Å². The highest BCUT2D eigenvalue weighted by Crippen LogP contribution is 2.33. The number of para-hydroxylation sites is 2. The fourth-order valence-corrected chi connectivity index (χ4v) is 2.30. The minimum Gasteiger partial charge on any atom is -0.478 e. The highest BCUT2D eigenvalue weighted by molar-refractivity contribution is 6.06. The Kier molecular flexibility index (Phi) is 4.76. The maximum atomic E-state index is 12.4. The Morgan fingerprint density at radius 3 is 2.08 bits per heavy atom. The summed E-state index contributed by atoms with van der Waals surface area (Å²) in [6, 6.07) is 22.1. The maximum Gasteiger partial charge on any atom is 0.339 e. The van der Waals surface area contributed by atoms with Crippen molar-refractivity contribution in [3.8, 4) is 11.5 Å². The predicted molar refractivity (Wildman–Crippen MR) is 94.3 cm³/mol. The molecule has 0 aliphatic carbocycles. The van der Waals surface area contributed by atoms with E-state index in [4.69, 9.17) is 4.74 Å². The normalized spacial score (nSPS) is 10.1. The second kappa shape index (κ2) is 7.31. The van der Waals surface area contributed by atoms with Gasteiger partial charge in [-0.05, 0) is 36.4 Å². The SMILES string of the molecule is O=C(Nc1cccc(C(=O)O)c1Oc1ccccc1)c1ccccc1. The van der Waals surface area contributed by atoms with Crippen molar-refractivity contribution in [2.45, 2.75) is 0 Å². The lowest BCUT2D eigenvalue weighted by Crippen LogP contribution is -2.13. The quantitative estimate of drug-likeness (QED) is 0.724. The molecule has 0 fully saturated rings. The van der Waals surface area contributed by atoms with Crippen LogP contribution in [0.4, 0.5) is 5.69 Å². The van der Waals surface area contributed by atoms with E-state index in [1.165, 1.54) is 6.07 Å². The van der Waals surface area contributed by atoms with Gasteiger partial charge in [-0.25, -0.2) is 4.79 Å². The Balaban J connectivity index is 1.97. The molecule has 0 aromatic heterocycles. The minimum absolute atomic E-state index is 0.0327. The third-order valence-corrected chi connectivity index (χ3v) is 3.49. The number of carbonyl (C=O) groups is 2. The molecule has 0 spiro atoms. The number of carboxylic acids is 1. The largest absolute Gasteiger partial charge is 0.478 e. The Hall–Kier alpha value is -3.60. The summed E-state index contributed by atoms with van der Waals surface area (Å²) in [6.45, 7) is 0. The summed E-state index contributed by atoms with van der Waals surface area (Å²) in [6.07, 6.45) is 0. The number of carbonyl (C=O) groups excluding carboxylic acids is 1. The molecule has 0 saturated heterocycles. The standard InChI is InChI=1S/C20H15NO4/c22-19(14-8-3-1-4-9-14)21-17-13-7-12-16(20(23)24)18(17)25-15-10-5-2-6-11-15/h1-13H,(H,21,22)(H,23,24). The van der Waals surface area contributed by atoms with E-state index in [0.717, 1.165) is 0 Å². The van der Waals surface area contributed by atoms with Crippen molar-refractivity contribution in [2.75, 3.05) is 5.32 Å². The molecule has 3 aromatic carbocycles. The van der Waals surface area contributed by atoms with Crippen molar-refractivity contribution in [1.29, 1.82) is 0 Å². The fraction of sp³-hybridized carbons (Fsp3) is 0. The van der Waals surface area contributed by atoms with Gasteiger partial charge in [0.2, 0.25) is 0 Å². The number of rotatable bonds is 5. The first-order valence-corrected chi connectivity index (χ1v) is 7.61. The van der Waals surface area contributed by atoms with Gasteiger partial charge >= 0.3 is 5.97 Å². The molecule has 0 aliphatic heterocycles. The van der Waals surface area contributed by atoms with Gasteiger partial charge in [-0.15, -0.1) is 0 Å². The van der Waals surface area contributed by atoms with Gasteiger partial charge in [-0.2, -0.15) is 0 Å². The fourth-order valence-electron chi connectivity index (χ4n) is 2.30. The first-order chi connectivity index (χ1) is 12.1. The van der Waals surface area contributed by atoms with E-state index in [-0.39, 0.29) is 22.9 Å². The van der Waals surface area contributed by atoms with Gasteiger partial charge in [0.15, 0.2) is 5.75 Å². The van der Waals surface area contributed by atoms with Crippen molar-refractivity contribution in [3.63, 3.8) is 0 Å². The van der Waals surface area contributed by atoms with E-state index in [1.807, 2.05) is 12.1 Å². The van der Waals surface area contributed by atoms with Crippen LogP contribution in [0.25, 0.3) is 0 Å². The first-order valence-electron chi connectivity index (χ1n) is 7.61. The summed E-state index contributed by atoms with van der Waals surface area (Å²) < 4.78 is 5.74. The second-order valence-corrected chi connectivity index (χ2v) is 5.22. The predicted octanol–water partition coefficient (Wildman–Crippen LogP) is 4.43. The van der Waals surface area contributed by atoms with Crippen LogP contribution in [-0.2, 0) is 0 Å². The average Bonchev–Trinajstić information content (AvgIpc) is 2.64. The van der Waals surface area contributed by atoms with Crippen molar-refractivity contribution in [2.24, 2.45) is 0 Å². The monoisotopic (exact) mass is 333 g/mol. The Labute approximate surface area is 144 Å². The minimum atomic E-state index is -1.14. The molecule has 0 aliphatic rings. The van der Waals surface area contributed by atoms with Gasteiger partial charge < -0.3 is 15.2 Å². The van der Waals surface area contributed by atoms with Gasteiger partial charge in [0.05, 0.1) is 5.69 Å². The molecule has 0 saturated carbocycles. The molecule has 0 atom stereocenters. The molecule has 2 N–H and O–H groups in total. The molecule has 1 amide bonds. The average molecular weight is 333 g/mol. The van der Waals surface area contributed by atoms with Crippen LogP contribution in [-0.4, -0.2) is 17.0 Å². The number of carboxylic acid groups (broad SMARTS) is 1. The molecule has 124 valence electrons. The highest BCUT2D eigenvalue weighted by Gasteiger charge is 2.18. The Bertz CT molecular complexity index is 892. The Morgan fingerprint density at radius 2 is 1.44 bits per heavy atom. The Morgan fingerprint density at radius 1 is 0.800 bits per heavy atom. The van der Waals surface area contributed by atoms with Gasteiger partial charge in [-0.1, -0.05) is 42.5 Å². The molecular formula is C20H15NO4. The lowest BCUT2D eigenvalue weighted by molar-refractivity contribution is 0.0694. The van der Waals surface area contributed by atoms with Crippen LogP contribution in [0.5, 0.6) is 11.5 Å². The number of anilines is 1. The lowest BCUT2D eigenvalue weighted by Gasteiger charge is -2.14. The van der Waals surface area contributed by atoms with Crippen LogP contribution in [0.3, 0.4) is 0 Å². The number of amides is 1. The number of nitrogens with one attached hydrogen (secondary N) is 1. The zero-order valence-corrected chi connectivity index (χ0v) is 13.2. The van der Waals surface area contributed by atoms with Crippen LogP contribution >= 0.6 is 0 Å². The maximum absolute atomic E-state index is 12.4. The summed E-state index contributed by atoms with van der Waals surface area (Å²) in [5, 5.41) is 12.1. The van der Waals surface area contributed by atoms with E-state index < -0.39 is 5.97 Å². The first kappa shape index (κ1) is 16.3. The highest BCUT2D eigenvalue weighted by atomic mass is 16.5. The van der Waals surface area contributed by atoms with Gasteiger partial charge in [0.25, 0.3) is 5.91 Å². The molecule has 0 radical (unpaired) electrons. The molecule has 0 unspecified atom stereocenters. The second-order valence-electron chi connectivity index (χ2n) is 5.22. The van der Waals surface area contributed by atoms with E-state index in [1.54, 1.807) is 60.7 Å². The third-order valence-electron chi connectivity index (χ3n) is 3.49. The summed E-state index contributed by atoms with van der Waals surface area (Å²) in [5.74, 6) is -0.917. The number of benzene rings is 3. The molecule has 5 heteroatoms. The topological polar surface area (TPSA) is 75.6 Å². The molecular weight excluding hydrogens is 318 g/mol. The van der Waals surface area contributed by atoms with Crippen LogP contribution < -0.4 is 10.1 Å². The third kappa shape index (κ3) is 3.84. The van der Waals surface area contributed by atoms with Crippen LogP contribution in [0, 0.1) is 0 Å². The number of ether oxygens (including phenoxy) is 1. The van der Waals surface area contributed by atoms with Crippen molar-refractivity contribution >= 4 is 17.6 Å². The number of hydrogen-bond donors (Lipinski definition) is 2. The van der Waals surface area contributed by atoms with Crippen LogP contribution in [0.2, 0.25) is 0 Å². The summed E-state index contributed by atoms with van der Waals surface area (Å²) in [4.78, 5) is 23.9. The summed E-state index contributed by atoms with van der Waals surface area (Å²) in [5.41, 5.74) is 0.723. The van der Waals surface area contributed by atoms with E-state index in [2.05, 4.69) is 5.32 Å². The van der Waals surface area contributed by atoms with Gasteiger partial charge in [-0.3, -0.25) is 4.79 Å². The zero-order valence-electron chi connectivity index (χ0n) is 13.2. The molecule has 0 heterocycles. The lowest BCUT2D eigenvalue weighted by atomic mass is 10.1. The number of hydrogen-bond acceptors (Lipinski definition) is 3.